The van der Waals surface area contributed by atoms with E-state index in [4.69, 9.17) is 0 Å². The Morgan fingerprint density at radius 2 is 2.00 bits per heavy atom. The van der Waals surface area contributed by atoms with E-state index in [0.717, 1.165) is 19.3 Å². The standard InChI is InChI=1S/C6H9NO2S/c8-10(9)4-1-2-5-6(3-4)7(5)10/h4-6H,1-3H2/t4-,5+,6-,7?/m0/s1. The number of nitrogens with zero attached hydrogens (tertiary/aromatic N) is 1. The van der Waals surface area contributed by atoms with Crippen molar-refractivity contribution in [3.8, 4) is 0 Å². The largest absolute Gasteiger partial charge is 0.217 e. The maximum atomic E-state index is 11.3. The predicted octanol–water partition coefficient (Wildman–Crippen LogP) is -0.0649. The first-order chi connectivity index (χ1) is 4.71. The summed E-state index contributed by atoms with van der Waals surface area (Å²) in [5.74, 6) is 0. The summed E-state index contributed by atoms with van der Waals surface area (Å²) in [4.78, 5) is 0. The van der Waals surface area contributed by atoms with Gasteiger partial charge in [-0.2, -0.15) is 4.31 Å². The van der Waals surface area contributed by atoms with Crippen molar-refractivity contribution < 1.29 is 8.42 Å². The molecular weight excluding hydrogens is 150 g/mol. The second kappa shape index (κ2) is 1.28. The van der Waals surface area contributed by atoms with Crippen molar-refractivity contribution >= 4 is 10.0 Å². The lowest BCUT2D eigenvalue weighted by Crippen LogP contribution is -2.30. The van der Waals surface area contributed by atoms with Crippen LogP contribution in [-0.4, -0.2) is 30.1 Å². The Morgan fingerprint density at radius 1 is 1.20 bits per heavy atom. The molecule has 4 heteroatoms. The highest BCUT2D eigenvalue weighted by Gasteiger charge is 2.66. The zero-order valence-electron chi connectivity index (χ0n) is 5.53. The molecule has 3 aliphatic heterocycles. The fraction of sp³-hybridized carbons (Fsp3) is 1.00. The molecule has 4 rings (SSSR count). The first-order valence-electron chi connectivity index (χ1n) is 3.73. The van der Waals surface area contributed by atoms with Gasteiger partial charge in [0.2, 0.25) is 10.0 Å². The SMILES string of the molecule is O=S1(=O)[C@H]2CC[C@@H]3[C@H](C2)N31. The Kier molecular flexibility index (Phi) is 0.707. The first kappa shape index (κ1) is 5.55. The molecule has 0 radical (unpaired) electrons. The van der Waals surface area contributed by atoms with Gasteiger partial charge in [-0.15, -0.1) is 0 Å². The van der Waals surface area contributed by atoms with Crippen LogP contribution in [0.2, 0.25) is 0 Å². The Morgan fingerprint density at radius 3 is 2.30 bits per heavy atom. The topological polar surface area (TPSA) is 37.1 Å². The molecule has 4 bridgehead atoms. The van der Waals surface area contributed by atoms with Crippen LogP contribution in [0.4, 0.5) is 0 Å². The molecule has 3 heterocycles. The minimum absolute atomic E-state index is 0.00231. The molecule has 0 aromatic rings. The van der Waals surface area contributed by atoms with Crippen LogP contribution in [0, 0.1) is 0 Å². The molecule has 1 saturated carbocycles. The van der Waals surface area contributed by atoms with Crippen LogP contribution in [0.15, 0.2) is 0 Å². The quantitative estimate of drug-likeness (QED) is 0.464. The molecule has 56 valence electrons. The van der Waals surface area contributed by atoms with Gasteiger partial charge in [-0.3, -0.25) is 0 Å². The lowest BCUT2D eigenvalue weighted by molar-refractivity contribution is 0.495. The van der Waals surface area contributed by atoms with E-state index in [0.29, 0.717) is 12.1 Å². The highest BCUT2D eigenvalue weighted by atomic mass is 32.2. The molecule has 3 saturated heterocycles. The van der Waals surface area contributed by atoms with E-state index in [1.54, 1.807) is 4.31 Å². The molecule has 0 aromatic heterocycles. The second-order valence-corrected chi connectivity index (χ2v) is 5.56. The van der Waals surface area contributed by atoms with E-state index < -0.39 is 10.0 Å². The average Bonchev–Trinajstić information content (AvgIpc) is 2.53. The molecule has 0 amide bonds. The van der Waals surface area contributed by atoms with Crippen molar-refractivity contribution in [2.45, 2.75) is 36.6 Å². The van der Waals surface area contributed by atoms with Crippen molar-refractivity contribution in [3.63, 3.8) is 0 Å². The van der Waals surface area contributed by atoms with Crippen LogP contribution in [-0.2, 0) is 10.0 Å². The highest BCUT2D eigenvalue weighted by molar-refractivity contribution is 7.90. The summed E-state index contributed by atoms with van der Waals surface area (Å²) in [7, 11) is -2.76. The summed E-state index contributed by atoms with van der Waals surface area (Å²) in [6.45, 7) is 0. The smallest absolute Gasteiger partial charge is 0.212 e. The molecular formula is C6H9NO2S. The van der Waals surface area contributed by atoms with Gasteiger partial charge in [0, 0.05) is 12.1 Å². The average molecular weight is 159 g/mol. The van der Waals surface area contributed by atoms with Gasteiger partial charge in [0.1, 0.15) is 0 Å². The third kappa shape index (κ3) is 0.395. The van der Waals surface area contributed by atoms with E-state index in [2.05, 4.69) is 0 Å². The number of sulfonamides is 1. The van der Waals surface area contributed by atoms with Crippen LogP contribution >= 0.6 is 0 Å². The van der Waals surface area contributed by atoms with Crippen LogP contribution in [0.25, 0.3) is 0 Å². The Labute approximate surface area is 60.1 Å². The monoisotopic (exact) mass is 159 g/mol. The van der Waals surface area contributed by atoms with Crippen LogP contribution in [0.5, 0.6) is 0 Å². The van der Waals surface area contributed by atoms with E-state index in [-0.39, 0.29) is 5.25 Å². The fourth-order valence-electron chi connectivity index (χ4n) is 2.45. The van der Waals surface area contributed by atoms with Gasteiger partial charge < -0.3 is 0 Å². The molecule has 1 aliphatic carbocycles. The van der Waals surface area contributed by atoms with Gasteiger partial charge in [0.25, 0.3) is 0 Å². The summed E-state index contributed by atoms with van der Waals surface area (Å²) in [5.41, 5.74) is 0. The molecule has 0 spiro atoms. The minimum atomic E-state index is -2.76. The molecule has 3 nitrogen and oxygen atoms in total. The van der Waals surface area contributed by atoms with Crippen LogP contribution < -0.4 is 0 Å². The molecule has 4 atom stereocenters. The fourth-order valence-corrected chi connectivity index (χ4v) is 4.85. The van der Waals surface area contributed by atoms with E-state index in [9.17, 15) is 8.42 Å². The number of hydrogen-bond donors (Lipinski definition) is 0. The molecule has 4 aliphatic rings. The lowest BCUT2D eigenvalue weighted by atomic mass is 10.0. The molecule has 0 N–H and O–H groups in total. The number of rotatable bonds is 0. The third-order valence-electron chi connectivity index (χ3n) is 3.01. The Balaban J connectivity index is 2.18. The minimum Gasteiger partial charge on any atom is -0.212 e. The highest BCUT2D eigenvalue weighted by Crippen LogP contribution is 2.53. The molecule has 0 aromatic carbocycles. The van der Waals surface area contributed by atoms with Crippen molar-refractivity contribution in [2.24, 2.45) is 0 Å². The Bertz CT molecular complexity index is 272. The van der Waals surface area contributed by atoms with Crippen molar-refractivity contribution in [1.29, 1.82) is 0 Å². The Hall–Kier alpha value is -0.0900. The maximum Gasteiger partial charge on any atom is 0.217 e. The first-order valence-corrected chi connectivity index (χ1v) is 5.24. The summed E-state index contributed by atoms with van der Waals surface area (Å²) in [6.07, 6.45) is 2.96. The van der Waals surface area contributed by atoms with Gasteiger partial charge in [-0.05, 0) is 19.3 Å². The van der Waals surface area contributed by atoms with Crippen LogP contribution in [0.3, 0.4) is 0 Å². The van der Waals surface area contributed by atoms with Crippen molar-refractivity contribution in [1.82, 2.24) is 4.31 Å². The summed E-state index contributed by atoms with van der Waals surface area (Å²) in [5, 5.41) is 0.00231. The summed E-state index contributed by atoms with van der Waals surface area (Å²) >= 11 is 0. The van der Waals surface area contributed by atoms with Gasteiger partial charge in [-0.1, -0.05) is 0 Å². The van der Waals surface area contributed by atoms with Crippen LogP contribution in [0.1, 0.15) is 19.3 Å². The second-order valence-electron chi connectivity index (χ2n) is 3.44. The van der Waals surface area contributed by atoms with E-state index in [1.807, 2.05) is 0 Å². The summed E-state index contributed by atoms with van der Waals surface area (Å²) in [6, 6.07) is 0.860. The zero-order valence-corrected chi connectivity index (χ0v) is 6.34. The van der Waals surface area contributed by atoms with E-state index >= 15 is 0 Å². The normalized spacial score (nSPS) is 60.4. The van der Waals surface area contributed by atoms with Crippen molar-refractivity contribution in [2.75, 3.05) is 0 Å². The van der Waals surface area contributed by atoms with Gasteiger partial charge >= 0.3 is 0 Å². The van der Waals surface area contributed by atoms with Gasteiger partial charge in [0.15, 0.2) is 0 Å². The third-order valence-corrected chi connectivity index (χ3v) is 5.41. The van der Waals surface area contributed by atoms with Gasteiger partial charge in [-0.25, -0.2) is 8.42 Å². The lowest BCUT2D eigenvalue weighted by Gasteiger charge is -2.19. The van der Waals surface area contributed by atoms with Gasteiger partial charge in [0.05, 0.1) is 5.25 Å². The molecule has 1 unspecified atom stereocenters. The van der Waals surface area contributed by atoms with Crippen molar-refractivity contribution in [3.05, 3.63) is 0 Å². The van der Waals surface area contributed by atoms with E-state index in [1.165, 1.54) is 0 Å². The maximum absolute atomic E-state index is 11.3. The summed E-state index contributed by atoms with van der Waals surface area (Å²) < 4.78 is 24.4. The molecule has 4 fully saturated rings. The molecule has 10 heavy (non-hydrogen) atoms. The number of fused-ring (bicyclic) bond motifs is 1. The number of hydrogen-bond acceptors (Lipinski definition) is 2. The predicted molar refractivity (Wildman–Crippen MR) is 36.0 cm³/mol. The zero-order chi connectivity index (χ0) is 6.93.